The largest absolute Gasteiger partial charge is 0.382 e. The van der Waals surface area contributed by atoms with Crippen molar-refractivity contribution in [3.8, 4) is 0 Å². The predicted molar refractivity (Wildman–Crippen MR) is 84.2 cm³/mol. The fourth-order valence-corrected chi connectivity index (χ4v) is 2.25. The number of rotatable bonds is 4. The Morgan fingerprint density at radius 3 is 2.50 bits per heavy atom. The number of hydrogen-bond donors (Lipinski definition) is 3. The number of thioether (sulfide) groups is 1. The second kappa shape index (κ2) is 7.62. The zero-order valence-corrected chi connectivity index (χ0v) is 12.8. The third-order valence-corrected chi connectivity index (χ3v) is 3.70. The molecule has 0 saturated carbocycles. The summed E-state index contributed by atoms with van der Waals surface area (Å²) >= 11 is 7.09. The van der Waals surface area contributed by atoms with Gasteiger partial charge in [-0.1, -0.05) is 11.6 Å². The van der Waals surface area contributed by atoms with Crippen molar-refractivity contribution in [3.63, 3.8) is 0 Å². The van der Waals surface area contributed by atoms with Crippen molar-refractivity contribution in [3.05, 3.63) is 47.4 Å². The van der Waals surface area contributed by atoms with E-state index in [1.54, 1.807) is 24.3 Å². The maximum atomic E-state index is 11.8. The minimum atomic E-state index is -0.629. The Kier molecular flexibility index (Phi) is 5.56. The summed E-state index contributed by atoms with van der Waals surface area (Å²) in [5.41, 5.74) is 9.98. The van der Waals surface area contributed by atoms with E-state index in [0.29, 0.717) is 5.02 Å². The standard InChI is InChI=1S/C13H12ClN5O2S/c14-8-1-3-9(4-2-8)22-7-10(20)18-19-13(21)11-12(15)17-6-5-16-11/h1-6H,7H2,(H2,15,17)(H,18,20)(H,19,21). The summed E-state index contributed by atoms with van der Waals surface area (Å²) in [6.45, 7) is 0. The highest BCUT2D eigenvalue weighted by atomic mass is 35.5. The first-order valence-electron chi connectivity index (χ1n) is 6.10. The number of nitrogen functional groups attached to an aromatic ring is 1. The van der Waals surface area contributed by atoms with Gasteiger partial charge in [0.2, 0.25) is 5.91 Å². The topological polar surface area (TPSA) is 110 Å². The van der Waals surface area contributed by atoms with Crippen molar-refractivity contribution in [1.29, 1.82) is 0 Å². The number of carbonyl (C=O) groups excluding carboxylic acids is 2. The van der Waals surface area contributed by atoms with Gasteiger partial charge in [-0.15, -0.1) is 11.8 Å². The molecule has 2 aromatic rings. The fraction of sp³-hybridized carbons (Fsp3) is 0.0769. The number of hydrogen-bond acceptors (Lipinski definition) is 6. The van der Waals surface area contributed by atoms with E-state index in [9.17, 15) is 9.59 Å². The SMILES string of the molecule is Nc1nccnc1C(=O)NNC(=O)CSc1ccc(Cl)cc1. The molecule has 1 aromatic heterocycles. The van der Waals surface area contributed by atoms with E-state index >= 15 is 0 Å². The average molecular weight is 338 g/mol. The van der Waals surface area contributed by atoms with Gasteiger partial charge in [-0.2, -0.15) is 0 Å². The third kappa shape index (κ3) is 4.61. The summed E-state index contributed by atoms with van der Waals surface area (Å²) in [5, 5.41) is 0.627. The van der Waals surface area contributed by atoms with Crippen molar-refractivity contribution >= 4 is 41.0 Å². The molecule has 1 heterocycles. The number of amides is 2. The number of nitrogens with zero attached hydrogens (tertiary/aromatic N) is 2. The Hall–Kier alpha value is -2.32. The quantitative estimate of drug-likeness (QED) is 0.572. The van der Waals surface area contributed by atoms with Crippen molar-refractivity contribution in [2.75, 3.05) is 11.5 Å². The molecule has 0 aliphatic heterocycles. The van der Waals surface area contributed by atoms with Crippen LogP contribution in [0.4, 0.5) is 5.82 Å². The van der Waals surface area contributed by atoms with Gasteiger partial charge in [-0.25, -0.2) is 9.97 Å². The highest BCUT2D eigenvalue weighted by molar-refractivity contribution is 8.00. The number of halogens is 1. The van der Waals surface area contributed by atoms with E-state index in [0.717, 1.165) is 4.90 Å². The zero-order chi connectivity index (χ0) is 15.9. The number of nitrogens with one attached hydrogen (secondary N) is 2. The molecule has 0 spiro atoms. The molecule has 0 radical (unpaired) electrons. The van der Waals surface area contributed by atoms with Crippen molar-refractivity contribution in [1.82, 2.24) is 20.8 Å². The molecule has 7 nitrogen and oxygen atoms in total. The predicted octanol–water partition coefficient (Wildman–Crippen LogP) is 1.27. The van der Waals surface area contributed by atoms with Crippen LogP contribution in [0.25, 0.3) is 0 Å². The second-order valence-electron chi connectivity index (χ2n) is 4.04. The molecule has 2 amide bonds. The first kappa shape index (κ1) is 16.1. The molecule has 22 heavy (non-hydrogen) atoms. The van der Waals surface area contributed by atoms with Crippen LogP contribution in [-0.2, 0) is 4.79 Å². The zero-order valence-electron chi connectivity index (χ0n) is 11.2. The van der Waals surface area contributed by atoms with Gasteiger partial charge in [-0.3, -0.25) is 20.4 Å². The third-order valence-electron chi connectivity index (χ3n) is 2.44. The van der Waals surface area contributed by atoms with Gasteiger partial charge < -0.3 is 5.73 Å². The molecule has 114 valence electrons. The summed E-state index contributed by atoms with van der Waals surface area (Å²) in [5.74, 6) is -0.867. The molecule has 0 saturated heterocycles. The van der Waals surface area contributed by atoms with Crippen LogP contribution in [0.2, 0.25) is 5.02 Å². The molecule has 0 fully saturated rings. The van der Waals surface area contributed by atoms with Gasteiger partial charge in [0.05, 0.1) is 5.75 Å². The van der Waals surface area contributed by atoms with Crippen molar-refractivity contribution < 1.29 is 9.59 Å². The number of anilines is 1. The van der Waals surface area contributed by atoms with Gasteiger partial charge in [0.25, 0.3) is 5.91 Å². The van der Waals surface area contributed by atoms with Crippen LogP contribution < -0.4 is 16.6 Å². The Labute approximate surface area is 135 Å². The van der Waals surface area contributed by atoms with Gasteiger partial charge in [0.15, 0.2) is 11.5 Å². The average Bonchev–Trinajstić information content (AvgIpc) is 2.52. The summed E-state index contributed by atoms with van der Waals surface area (Å²) in [6.07, 6.45) is 2.71. The van der Waals surface area contributed by atoms with E-state index in [2.05, 4.69) is 20.8 Å². The lowest BCUT2D eigenvalue weighted by molar-refractivity contribution is -0.119. The molecule has 1 aromatic carbocycles. The van der Waals surface area contributed by atoms with E-state index in [4.69, 9.17) is 17.3 Å². The number of hydrazine groups is 1. The Morgan fingerprint density at radius 1 is 1.14 bits per heavy atom. The molecule has 0 aliphatic rings. The normalized spacial score (nSPS) is 10.0. The molecule has 0 atom stereocenters. The number of benzene rings is 1. The number of aromatic nitrogens is 2. The number of carbonyl (C=O) groups is 2. The molecule has 0 unspecified atom stereocenters. The van der Waals surface area contributed by atoms with E-state index < -0.39 is 5.91 Å². The van der Waals surface area contributed by atoms with Crippen LogP contribution >= 0.6 is 23.4 Å². The first-order valence-corrected chi connectivity index (χ1v) is 7.46. The van der Waals surface area contributed by atoms with E-state index in [1.165, 1.54) is 24.2 Å². The summed E-state index contributed by atoms with van der Waals surface area (Å²) in [6, 6.07) is 7.08. The van der Waals surface area contributed by atoms with Crippen LogP contribution in [0.1, 0.15) is 10.5 Å². The molecule has 2 rings (SSSR count). The lowest BCUT2D eigenvalue weighted by Gasteiger charge is -2.07. The molecule has 0 aliphatic carbocycles. The molecular weight excluding hydrogens is 326 g/mol. The maximum Gasteiger partial charge on any atom is 0.292 e. The second-order valence-corrected chi connectivity index (χ2v) is 5.52. The van der Waals surface area contributed by atoms with Gasteiger partial charge in [0.1, 0.15) is 0 Å². The van der Waals surface area contributed by atoms with Crippen LogP contribution in [0, 0.1) is 0 Å². The lowest BCUT2D eigenvalue weighted by atomic mass is 10.4. The molecule has 9 heteroatoms. The highest BCUT2D eigenvalue weighted by Crippen LogP contribution is 2.19. The van der Waals surface area contributed by atoms with Gasteiger partial charge in [0, 0.05) is 22.3 Å². The Bertz CT molecular complexity index is 680. The highest BCUT2D eigenvalue weighted by Gasteiger charge is 2.12. The molecular formula is C13H12ClN5O2S. The van der Waals surface area contributed by atoms with E-state index in [1.807, 2.05) is 0 Å². The van der Waals surface area contributed by atoms with E-state index in [-0.39, 0.29) is 23.2 Å². The minimum absolute atomic E-state index is 0.00946. The summed E-state index contributed by atoms with van der Waals surface area (Å²) in [7, 11) is 0. The van der Waals surface area contributed by atoms with Crippen LogP contribution in [0.3, 0.4) is 0 Å². The summed E-state index contributed by atoms with van der Waals surface area (Å²) in [4.78, 5) is 31.8. The number of nitrogens with two attached hydrogens (primary N) is 1. The van der Waals surface area contributed by atoms with Crippen LogP contribution in [0.15, 0.2) is 41.6 Å². The molecule has 4 N–H and O–H groups in total. The van der Waals surface area contributed by atoms with Crippen LogP contribution in [0.5, 0.6) is 0 Å². The Balaban J connectivity index is 1.79. The first-order chi connectivity index (χ1) is 10.6. The van der Waals surface area contributed by atoms with Crippen molar-refractivity contribution in [2.24, 2.45) is 0 Å². The monoisotopic (exact) mass is 337 g/mol. The fourth-order valence-electron chi connectivity index (χ4n) is 1.43. The van der Waals surface area contributed by atoms with Gasteiger partial charge in [-0.05, 0) is 24.3 Å². The minimum Gasteiger partial charge on any atom is -0.382 e. The molecule has 0 bridgehead atoms. The summed E-state index contributed by atoms with van der Waals surface area (Å²) < 4.78 is 0. The van der Waals surface area contributed by atoms with Crippen LogP contribution in [-0.4, -0.2) is 27.5 Å². The lowest BCUT2D eigenvalue weighted by Crippen LogP contribution is -2.43. The smallest absolute Gasteiger partial charge is 0.292 e. The maximum absolute atomic E-state index is 11.8. The van der Waals surface area contributed by atoms with Crippen molar-refractivity contribution in [2.45, 2.75) is 4.90 Å². The van der Waals surface area contributed by atoms with Gasteiger partial charge >= 0.3 is 0 Å². The Morgan fingerprint density at radius 2 is 1.82 bits per heavy atom.